The SMILES string of the molecule is COCC(=O)NCCCCC(NC(=O)COC)C(C)=O. The summed E-state index contributed by atoms with van der Waals surface area (Å²) in [5, 5.41) is 5.31. The van der Waals surface area contributed by atoms with Gasteiger partial charge in [0.1, 0.15) is 13.2 Å². The maximum Gasteiger partial charge on any atom is 0.246 e. The molecule has 0 aromatic rings. The first-order chi connectivity index (χ1) is 9.51. The number of ether oxygens (including phenoxy) is 2. The Morgan fingerprint density at radius 3 is 2.15 bits per heavy atom. The minimum Gasteiger partial charge on any atom is -0.375 e. The lowest BCUT2D eigenvalue weighted by molar-refractivity contribution is -0.129. The number of hydrogen-bond acceptors (Lipinski definition) is 5. The van der Waals surface area contributed by atoms with Gasteiger partial charge in [0, 0.05) is 20.8 Å². The maximum atomic E-state index is 11.4. The molecule has 2 amide bonds. The van der Waals surface area contributed by atoms with Gasteiger partial charge in [0.2, 0.25) is 11.8 Å². The summed E-state index contributed by atoms with van der Waals surface area (Å²) in [5.74, 6) is -0.553. The average Bonchev–Trinajstić information content (AvgIpc) is 2.37. The van der Waals surface area contributed by atoms with Gasteiger partial charge < -0.3 is 20.1 Å². The lowest BCUT2D eigenvalue weighted by Gasteiger charge is -2.15. The van der Waals surface area contributed by atoms with Crippen molar-refractivity contribution in [1.29, 1.82) is 0 Å². The number of nitrogens with one attached hydrogen (secondary N) is 2. The number of carbonyl (C=O) groups is 3. The van der Waals surface area contributed by atoms with Crippen LogP contribution in [0.1, 0.15) is 26.2 Å². The predicted molar refractivity (Wildman–Crippen MR) is 73.2 cm³/mol. The Morgan fingerprint density at radius 2 is 1.60 bits per heavy atom. The molecule has 0 aliphatic rings. The maximum absolute atomic E-state index is 11.4. The van der Waals surface area contributed by atoms with E-state index >= 15 is 0 Å². The second kappa shape index (κ2) is 11.4. The fourth-order valence-corrected chi connectivity index (χ4v) is 1.63. The third-order valence-corrected chi connectivity index (χ3v) is 2.62. The summed E-state index contributed by atoms with van der Waals surface area (Å²) in [6, 6.07) is -0.493. The molecular formula is C13H24N2O5. The second-order valence-electron chi connectivity index (χ2n) is 4.44. The topological polar surface area (TPSA) is 93.7 Å². The monoisotopic (exact) mass is 288 g/mol. The van der Waals surface area contributed by atoms with E-state index < -0.39 is 6.04 Å². The fraction of sp³-hybridized carbons (Fsp3) is 0.769. The standard InChI is InChI=1S/C13H24N2O5/c1-10(16)11(15-13(18)9-20-3)6-4-5-7-14-12(17)8-19-2/h11H,4-9H2,1-3H3,(H,14,17)(H,15,18). The Hall–Kier alpha value is -1.47. The van der Waals surface area contributed by atoms with E-state index in [4.69, 9.17) is 4.74 Å². The minimum absolute atomic E-state index is 0.0448. The van der Waals surface area contributed by atoms with Crippen LogP contribution in [0.5, 0.6) is 0 Å². The molecule has 0 rings (SSSR count). The quantitative estimate of drug-likeness (QED) is 0.506. The number of hydrogen-bond donors (Lipinski definition) is 2. The number of amides is 2. The number of Topliss-reactive ketones (excluding diaryl/α,β-unsaturated/α-hetero) is 1. The van der Waals surface area contributed by atoms with E-state index in [0.717, 1.165) is 12.8 Å². The highest BCUT2D eigenvalue weighted by atomic mass is 16.5. The molecule has 116 valence electrons. The van der Waals surface area contributed by atoms with Gasteiger partial charge in [0.25, 0.3) is 0 Å². The molecule has 0 aromatic carbocycles. The molecule has 1 unspecified atom stereocenters. The summed E-state index contributed by atoms with van der Waals surface area (Å²) >= 11 is 0. The van der Waals surface area contributed by atoms with Crippen molar-refractivity contribution < 1.29 is 23.9 Å². The molecule has 7 nitrogen and oxygen atoms in total. The van der Waals surface area contributed by atoms with Crippen molar-refractivity contribution in [1.82, 2.24) is 10.6 Å². The normalized spacial score (nSPS) is 11.8. The Morgan fingerprint density at radius 1 is 1.00 bits per heavy atom. The first-order valence-electron chi connectivity index (χ1n) is 6.55. The molecule has 1 atom stereocenters. The Balaban J connectivity index is 3.84. The molecule has 0 aliphatic carbocycles. The molecule has 0 fully saturated rings. The van der Waals surface area contributed by atoms with Crippen molar-refractivity contribution in [3.63, 3.8) is 0 Å². The van der Waals surface area contributed by atoms with Crippen molar-refractivity contribution in [2.75, 3.05) is 34.0 Å². The molecular weight excluding hydrogens is 264 g/mol. The van der Waals surface area contributed by atoms with Gasteiger partial charge in [-0.2, -0.15) is 0 Å². The van der Waals surface area contributed by atoms with Crippen LogP contribution in [-0.2, 0) is 23.9 Å². The van der Waals surface area contributed by atoms with Gasteiger partial charge >= 0.3 is 0 Å². The third-order valence-electron chi connectivity index (χ3n) is 2.62. The van der Waals surface area contributed by atoms with Crippen molar-refractivity contribution in [3.8, 4) is 0 Å². The van der Waals surface area contributed by atoms with Crippen molar-refractivity contribution in [2.45, 2.75) is 32.2 Å². The van der Waals surface area contributed by atoms with E-state index in [2.05, 4.69) is 15.4 Å². The van der Waals surface area contributed by atoms with Gasteiger partial charge in [0.05, 0.1) is 6.04 Å². The molecule has 0 aromatic heterocycles. The zero-order chi connectivity index (χ0) is 15.4. The number of rotatable bonds is 11. The molecule has 2 N–H and O–H groups in total. The van der Waals surface area contributed by atoms with Crippen LogP contribution in [0, 0.1) is 0 Å². The van der Waals surface area contributed by atoms with E-state index in [1.807, 2.05) is 0 Å². The van der Waals surface area contributed by atoms with Gasteiger partial charge in [-0.15, -0.1) is 0 Å². The molecule has 0 aliphatic heterocycles. The van der Waals surface area contributed by atoms with Crippen LogP contribution in [0.4, 0.5) is 0 Å². The van der Waals surface area contributed by atoms with Crippen LogP contribution < -0.4 is 10.6 Å². The number of ketones is 1. The second-order valence-corrected chi connectivity index (χ2v) is 4.44. The lowest BCUT2D eigenvalue weighted by atomic mass is 10.1. The van der Waals surface area contributed by atoms with Gasteiger partial charge in [-0.3, -0.25) is 14.4 Å². The lowest BCUT2D eigenvalue weighted by Crippen LogP contribution is -2.41. The highest BCUT2D eigenvalue weighted by molar-refractivity contribution is 5.87. The van der Waals surface area contributed by atoms with E-state index in [-0.39, 0.29) is 30.8 Å². The summed E-state index contributed by atoms with van der Waals surface area (Å²) in [4.78, 5) is 33.9. The molecule has 0 heterocycles. The van der Waals surface area contributed by atoms with Gasteiger partial charge in [-0.1, -0.05) is 0 Å². The van der Waals surface area contributed by atoms with Crippen molar-refractivity contribution in [2.24, 2.45) is 0 Å². The van der Waals surface area contributed by atoms with Crippen LogP contribution in [0.3, 0.4) is 0 Å². The third kappa shape index (κ3) is 9.46. The summed E-state index contributed by atoms with van der Waals surface area (Å²) in [6.07, 6.45) is 2.01. The highest BCUT2D eigenvalue weighted by Gasteiger charge is 2.16. The summed E-state index contributed by atoms with van der Waals surface area (Å²) in [6.45, 7) is 1.96. The molecule has 20 heavy (non-hydrogen) atoms. The van der Waals surface area contributed by atoms with Crippen LogP contribution >= 0.6 is 0 Å². The Labute approximate surface area is 119 Å². The van der Waals surface area contributed by atoms with Crippen molar-refractivity contribution >= 4 is 17.6 Å². The highest BCUT2D eigenvalue weighted by Crippen LogP contribution is 2.02. The van der Waals surface area contributed by atoms with Crippen LogP contribution in [0.2, 0.25) is 0 Å². The smallest absolute Gasteiger partial charge is 0.246 e. The number of unbranched alkanes of at least 4 members (excludes halogenated alkanes) is 1. The zero-order valence-corrected chi connectivity index (χ0v) is 12.4. The molecule has 0 saturated heterocycles. The van der Waals surface area contributed by atoms with Crippen LogP contribution in [0.25, 0.3) is 0 Å². The largest absolute Gasteiger partial charge is 0.375 e. The van der Waals surface area contributed by atoms with Crippen LogP contribution in [0.15, 0.2) is 0 Å². The fourth-order valence-electron chi connectivity index (χ4n) is 1.63. The Kier molecular flexibility index (Phi) is 10.5. The van der Waals surface area contributed by atoms with Gasteiger partial charge in [-0.25, -0.2) is 0 Å². The van der Waals surface area contributed by atoms with E-state index in [0.29, 0.717) is 13.0 Å². The first kappa shape index (κ1) is 18.5. The van der Waals surface area contributed by atoms with E-state index in [1.165, 1.54) is 21.1 Å². The van der Waals surface area contributed by atoms with Crippen molar-refractivity contribution in [3.05, 3.63) is 0 Å². The van der Waals surface area contributed by atoms with Gasteiger partial charge in [0.15, 0.2) is 5.78 Å². The average molecular weight is 288 g/mol. The molecule has 7 heteroatoms. The minimum atomic E-state index is -0.493. The summed E-state index contributed by atoms with van der Waals surface area (Å²) < 4.78 is 9.37. The van der Waals surface area contributed by atoms with Crippen LogP contribution in [-0.4, -0.2) is 57.6 Å². The molecule has 0 bridgehead atoms. The molecule has 0 radical (unpaired) electrons. The van der Waals surface area contributed by atoms with E-state index in [9.17, 15) is 14.4 Å². The molecule has 0 spiro atoms. The summed E-state index contributed by atoms with van der Waals surface area (Å²) in [5.41, 5.74) is 0. The molecule has 0 saturated carbocycles. The first-order valence-corrected chi connectivity index (χ1v) is 6.55. The number of carbonyl (C=O) groups excluding carboxylic acids is 3. The van der Waals surface area contributed by atoms with E-state index in [1.54, 1.807) is 0 Å². The predicted octanol–water partition coefficient (Wildman–Crippen LogP) is -0.360. The zero-order valence-electron chi connectivity index (χ0n) is 12.4. The van der Waals surface area contributed by atoms with Gasteiger partial charge in [-0.05, 0) is 26.2 Å². The summed E-state index contributed by atoms with van der Waals surface area (Å²) in [7, 11) is 2.88. The number of methoxy groups -OCH3 is 2. The Bertz CT molecular complexity index is 320.